The Labute approximate surface area is 99.3 Å². The van der Waals surface area contributed by atoms with Crippen LogP contribution < -0.4 is 10.5 Å². The minimum Gasteiger partial charge on any atom is -0.374 e. The van der Waals surface area contributed by atoms with Crippen LogP contribution in [0.3, 0.4) is 0 Å². The molecule has 0 fully saturated rings. The summed E-state index contributed by atoms with van der Waals surface area (Å²) in [6.07, 6.45) is 0. The molecule has 1 aromatic rings. The Morgan fingerprint density at radius 2 is 1.94 bits per heavy atom. The molecule has 92 valence electrons. The Bertz CT molecular complexity index is 461. The highest BCUT2D eigenvalue weighted by Crippen LogP contribution is 2.22. The predicted octanol–water partition coefficient (Wildman–Crippen LogP) is 0.833. The van der Waals surface area contributed by atoms with Crippen LogP contribution in [-0.2, 0) is 10.0 Å². The van der Waals surface area contributed by atoms with Crippen molar-refractivity contribution in [2.24, 2.45) is 5.41 Å². The minimum absolute atomic E-state index is 0.0962. The summed E-state index contributed by atoms with van der Waals surface area (Å²) in [6, 6.07) is -0.206. The van der Waals surface area contributed by atoms with E-state index in [1.54, 1.807) is 0 Å². The molecule has 1 aromatic heterocycles. The fraction of sp³-hybridized carbons (Fsp3) is 0.750. The first-order valence-corrected chi connectivity index (χ1v) is 7.04. The third-order valence-electron chi connectivity index (χ3n) is 2.28. The molecule has 0 aliphatic carbocycles. The lowest BCUT2D eigenvalue weighted by Gasteiger charge is -2.27. The van der Waals surface area contributed by atoms with Crippen molar-refractivity contribution in [2.75, 3.05) is 5.73 Å². The lowest BCUT2D eigenvalue weighted by atomic mass is 9.89. The van der Waals surface area contributed by atoms with Crippen LogP contribution in [0.2, 0.25) is 0 Å². The number of sulfonamides is 1. The average Bonchev–Trinajstić information content (AvgIpc) is 2.49. The van der Waals surface area contributed by atoms with Crippen LogP contribution in [0.1, 0.15) is 27.7 Å². The first-order chi connectivity index (χ1) is 7.13. The van der Waals surface area contributed by atoms with Gasteiger partial charge in [-0.1, -0.05) is 32.1 Å². The van der Waals surface area contributed by atoms with Gasteiger partial charge in [-0.25, -0.2) is 13.1 Å². The van der Waals surface area contributed by atoms with Crippen LogP contribution >= 0.6 is 11.3 Å². The molecule has 16 heavy (non-hydrogen) atoms. The van der Waals surface area contributed by atoms with Crippen LogP contribution in [0.25, 0.3) is 0 Å². The molecule has 0 aliphatic heterocycles. The second-order valence-electron chi connectivity index (χ2n) is 4.62. The van der Waals surface area contributed by atoms with Gasteiger partial charge in [0.15, 0.2) is 0 Å². The monoisotopic (exact) mass is 264 g/mol. The summed E-state index contributed by atoms with van der Waals surface area (Å²) in [4.78, 5) is 0. The number of anilines is 1. The van der Waals surface area contributed by atoms with Gasteiger partial charge in [-0.05, 0) is 12.3 Å². The van der Waals surface area contributed by atoms with Crippen LogP contribution in [0.5, 0.6) is 0 Å². The Kier molecular flexibility index (Phi) is 3.56. The molecule has 1 rings (SSSR count). The van der Waals surface area contributed by atoms with Crippen molar-refractivity contribution in [3.05, 3.63) is 0 Å². The standard InChI is InChI=1S/C8H16N4O2S2/c1-5(8(2,3)4)12-16(13,14)7-11-10-6(9)15-7/h5,12H,1-4H3,(H2,9,10). The highest BCUT2D eigenvalue weighted by Gasteiger charge is 2.28. The van der Waals surface area contributed by atoms with Crippen molar-refractivity contribution in [3.8, 4) is 0 Å². The number of aromatic nitrogens is 2. The van der Waals surface area contributed by atoms with Gasteiger partial charge in [0.2, 0.25) is 9.47 Å². The van der Waals surface area contributed by atoms with Crippen molar-refractivity contribution in [3.63, 3.8) is 0 Å². The fourth-order valence-corrected chi connectivity index (χ4v) is 3.04. The molecule has 3 N–H and O–H groups in total. The third-order valence-corrected chi connectivity index (χ3v) is 4.94. The normalized spacial score (nSPS) is 15.0. The van der Waals surface area contributed by atoms with Crippen molar-refractivity contribution < 1.29 is 8.42 Å². The molecule has 1 heterocycles. The largest absolute Gasteiger partial charge is 0.374 e. The summed E-state index contributed by atoms with van der Waals surface area (Å²) in [5, 5.41) is 7.14. The van der Waals surface area contributed by atoms with E-state index in [1.807, 2.05) is 27.7 Å². The van der Waals surface area contributed by atoms with Gasteiger partial charge in [0.1, 0.15) is 0 Å². The molecule has 6 nitrogen and oxygen atoms in total. The van der Waals surface area contributed by atoms with Gasteiger partial charge in [0.05, 0.1) is 0 Å². The Morgan fingerprint density at radius 1 is 1.38 bits per heavy atom. The van der Waals surface area contributed by atoms with Gasteiger partial charge in [0.25, 0.3) is 10.0 Å². The van der Waals surface area contributed by atoms with Crippen molar-refractivity contribution in [2.45, 2.75) is 38.1 Å². The van der Waals surface area contributed by atoms with Crippen LogP contribution in [0.4, 0.5) is 5.13 Å². The molecular formula is C8H16N4O2S2. The zero-order valence-corrected chi connectivity index (χ0v) is 11.3. The number of nitrogen functional groups attached to an aromatic ring is 1. The molecule has 0 saturated carbocycles. The summed E-state index contributed by atoms with van der Waals surface area (Å²) in [6.45, 7) is 7.67. The number of hydrogen-bond donors (Lipinski definition) is 2. The molecular weight excluding hydrogens is 248 g/mol. The zero-order chi connectivity index (χ0) is 12.6. The maximum Gasteiger partial charge on any atom is 0.270 e. The first-order valence-electron chi connectivity index (χ1n) is 4.74. The van der Waals surface area contributed by atoms with E-state index in [4.69, 9.17) is 5.73 Å². The number of nitrogens with two attached hydrogens (primary N) is 1. The first kappa shape index (κ1) is 13.3. The molecule has 0 spiro atoms. The maximum absolute atomic E-state index is 11.8. The molecule has 0 aromatic carbocycles. The average molecular weight is 264 g/mol. The van der Waals surface area contributed by atoms with Gasteiger partial charge >= 0.3 is 0 Å². The molecule has 8 heteroatoms. The van der Waals surface area contributed by atoms with E-state index in [0.717, 1.165) is 11.3 Å². The fourth-order valence-electron chi connectivity index (χ4n) is 0.789. The van der Waals surface area contributed by atoms with Gasteiger partial charge in [0, 0.05) is 6.04 Å². The number of nitrogens with one attached hydrogen (secondary N) is 1. The highest BCUT2D eigenvalue weighted by atomic mass is 32.2. The summed E-state index contributed by atoms with van der Waals surface area (Å²) >= 11 is 0.852. The van der Waals surface area contributed by atoms with Gasteiger partial charge in [-0.2, -0.15) is 0 Å². The predicted molar refractivity (Wildman–Crippen MR) is 63.6 cm³/mol. The Hall–Kier alpha value is -0.730. The number of rotatable bonds is 3. The summed E-state index contributed by atoms with van der Waals surface area (Å²) in [5.74, 6) is 0. The SMILES string of the molecule is CC(NS(=O)(=O)c1nnc(N)s1)C(C)(C)C. The van der Waals surface area contributed by atoms with E-state index in [2.05, 4.69) is 14.9 Å². The van der Waals surface area contributed by atoms with E-state index in [0.29, 0.717) is 0 Å². The van der Waals surface area contributed by atoms with Gasteiger partial charge < -0.3 is 5.73 Å². The topological polar surface area (TPSA) is 98.0 Å². The van der Waals surface area contributed by atoms with Crippen LogP contribution in [0, 0.1) is 5.41 Å². The lowest BCUT2D eigenvalue weighted by Crippen LogP contribution is -2.41. The van der Waals surface area contributed by atoms with E-state index in [1.165, 1.54) is 0 Å². The van der Waals surface area contributed by atoms with Crippen molar-refractivity contribution in [1.29, 1.82) is 0 Å². The third kappa shape index (κ3) is 3.13. The molecule has 1 unspecified atom stereocenters. The zero-order valence-electron chi connectivity index (χ0n) is 9.68. The van der Waals surface area contributed by atoms with Crippen LogP contribution in [-0.4, -0.2) is 24.7 Å². The Balaban J connectivity index is 2.89. The number of hydrogen-bond acceptors (Lipinski definition) is 6. The molecule has 0 aliphatic rings. The summed E-state index contributed by atoms with van der Waals surface area (Å²) in [5.41, 5.74) is 5.18. The van der Waals surface area contributed by atoms with Crippen molar-refractivity contribution in [1.82, 2.24) is 14.9 Å². The van der Waals surface area contributed by atoms with E-state index in [-0.39, 0.29) is 20.9 Å². The second-order valence-corrected chi connectivity index (χ2v) is 7.51. The second kappa shape index (κ2) is 4.27. The quantitative estimate of drug-likeness (QED) is 0.842. The van der Waals surface area contributed by atoms with E-state index >= 15 is 0 Å². The molecule has 0 saturated heterocycles. The Morgan fingerprint density at radius 3 is 2.31 bits per heavy atom. The van der Waals surface area contributed by atoms with E-state index in [9.17, 15) is 8.42 Å². The van der Waals surface area contributed by atoms with E-state index < -0.39 is 10.0 Å². The molecule has 0 bridgehead atoms. The molecule has 0 amide bonds. The summed E-state index contributed by atoms with van der Waals surface area (Å²) in [7, 11) is -3.61. The molecule has 1 atom stereocenters. The smallest absolute Gasteiger partial charge is 0.270 e. The van der Waals surface area contributed by atoms with Crippen molar-refractivity contribution >= 4 is 26.5 Å². The number of nitrogens with zero attached hydrogens (tertiary/aromatic N) is 2. The highest BCUT2D eigenvalue weighted by molar-refractivity contribution is 7.91. The minimum atomic E-state index is -3.61. The van der Waals surface area contributed by atoms with Gasteiger partial charge in [-0.3, -0.25) is 0 Å². The lowest BCUT2D eigenvalue weighted by molar-refractivity contribution is 0.317. The van der Waals surface area contributed by atoms with Gasteiger partial charge in [-0.15, -0.1) is 10.2 Å². The summed E-state index contributed by atoms with van der Waals surface area (Å²) < 4.78 is 26.1. The molecule has 0 radical (unpaired) electrons. The maximum atomic E-state index is 11.8. The van der Waals surface area contributed by atoms with Crippen LogP contribution in [0.15, 0.2) is 4.34 Å².